The lowest BCUT2D eigenvalue weighted by Crippen LogP contribution is -2.47. The average Bonchev–Trinajstić information content (AvgIpc) is 2.19. The van der Waals surface area contributed by atoms with E-state index in [9.17, 15) is 4.79 Å². The molecular formula is C10H22N2O2. The highest BCUT2D eigenvalue weighted by Crippen LogP contribution is 2.03. The van der Waals surface area contributed by atoms with Gasteiger partial charge in [-0.2, -0.15) is 0 Å². The number of hydrogen-bond acceptors (Lipinski definition) is 4. The summed E-state index contributed by atoms with van der Waals surface area (Å²) < 4.78 is 4.72. The Hall–Kier alpha value is -0.610. The Kier molecular flexibility index (Phi) is 7.42. The molecule has 0 aliphatic heterocycles. The van der Waals surface area contributed by atoms with E-state index in [0.29, 0.717) is 6.54 Å². The molecule has 2 N–H and O–H groups in total. The normalized spacial score (nSPS) is 12.9. The zero-order valence-corrected chi connectivity index (χ0v) is 9.45. The summed E-state index contributed by atoms with van der Waals surface area (Å²) in [6.07, 6.45) is 2.04. The van der Waals surface area contributed by atoms with Crippen molar-refractivity contribution in [2.75, 3.05) is 26.7 Å². The van der Waals surface area contributed by atoms with Gasteiger partial charge in [-0.15, -0.1) is 0 Å². The maximum atomic E-state index is 11.4. The summed E-state index contributed by atoms with van der Waals surface area (Å²) >= 11 is 0. The highest BCUT2D eigenvalue weighted by atomic mass is 16.5. The summed E-state index contributed by atoms with van der Waals surface area (Å²) in [4.78, 5) is 13.5. The summed E-state index contributed by atoms with van der Waals surface area (Å²) in [5.41, 5.74) is 5.57. The molecule has 84 valence electrons. The number of rotatable bonds is 7. The Morgan fingerprint density at radius 1 is 1.36 bits per heavy atom. The van der Waals surface area contributed by atoms with E-state index in [0.717, 1.165) is 25.9 Å². The first kappa shape index (κ1) is 13.4. The molecule has 0 aromatic heterocycles. The molecule has 1 atom stereocenters. The quantitative estimate of drug-likeness (QED) is 0.614. The van der Waals surface area contributed by atoms with Crippen molar-refractivity contribution in [3.05, 3.63) is 0 Å². The predicted molar refractivity (Wildman–Crippen MR) is 57.0 cm³/mol. The second-order valence-electron chi connectivity index (χ2n) is 3.31. The molecule has 0 fully saturated rings. The third-order valence-corrected chi connectivity index (χ3v) is 2.16. The Morgan fingerprint density at radius 2 is 1.86 bits per heavy atom. The number of methoxy groups -OCH3 is 1. The maximum Gasteiger partial charge on any atom is 0.324 e. The minimum atomic E-state index is -0.278. The van der Waals surface area contributed by atoms with Crippen molar-refractivity contribution < 1.29 is 9.53 Å². The summed E-state index contributed by atoms with van der Waals surface area (Å²) in [6, 6.07) is -0.278. The molecule has 0 aliphatic carbocycles. The SMILES string of the molecule is CCCN(CCC)C(CN)C(=O)OC. The van der Waals surface area contributed by atoms with Crippen LogP contribution in [0.1, 0.15) is 26.7 Å². The Bertz CT molecular complexity index is 156. The number of nitrogens with zero attached hydrogens (tertiary/aromatic N) is 1. The summed E-state index contributed by atoms with van der Waals surface area (Å²) in [6.45, 7) is 6.29. The first-order valence-corrected chi connectivity index (χ1v) is 5.23. The standard InChI is InChI=1S/C10H22N2O2/c1-4-6-12(7-5-2)9(8-11)10(13)14-3/h9H,4-8,11H2,1-3H3. The molecule has 0 rings (SSSR count). The number of ether oxygens (including phenoxy) is 1. The Labute approximate surface area is 86.4 Å². The number of nitrogens with two attached hydrogens (primary N) is 1. The fourth-order valence-electron chi connectivity index (χ4n) is 1.53. The van der Waals surface area contributed by atoms with Crippen LogP contribution in [0.15, 0.2) is 0 Å². The van der Waals surface area contributed by atoms with Crippen LogP contribution < -0.4 is 5.73 Å². The van der Waals surface area contributed by atoms with Crippen LogP contribution in [0.2, 0.25) is 0 Å². The van der Waals surface area contributed by atoms with Crippen LogP contribution in [0, 0.1) is 0 Å². The van der Waals surface area contributed by atoms with Crippen LogP contribution in [0.25, 0.3) is 0 Å². The Balaban J connectivity index is 4.31. The molecule has 0 heterocycles. The van der Waals surface area contributed by atoms with Crippen molar-refractivity contribution in [3.63, 3.8) is 0 Å². The molecule has 0 amide bonds. The molecule has 0 bridgehead atoms. The smallest absolute Gasteiger partial charge is 0.324 e. The van der Waals surface area contributed by atoms with Gasteiger partial charge < -0.3 is 10.5 Å². The van der Waals surface area contributed by atoms with Gasteiger partial charge in [0.25, 0.3) is 0 Å². The lowest BCUT2D eigenvalue weighted by atomic mass is 10.2. The van der Waals surface area contributed by atoms with E-state index in [1.165, 1.54) is 7.11 Å². The molecule has 0 saturated carbocycles. The van der Waals surface area contributed by atoms with Crippen molar-refractivity contribution in [1.82, 2.24) is 4.90 Å². The largest absolute Gasteiger partial charge is 0.468 e. The van der Waals surface area contributed by atoms with Crippen molar-refractivity contribution >= 4 is 5.97 Å². The van der Waals surface area contributed by atoms with Gasteiger partial charge >= 0.3 is 5.97 Å². The third-order valence-electron chi connectivity index (χ3n) is 2.16. The Morgan fingerprint density at radius 3 is 2.14 bits per heavy atom. The van der Waals surface area contributed by atoms with Crippen molar-refractivity contribution in [3.8, 4) is 0 Å². The molecule has 0 saturated heterocycles. The molecule has 14 heavy (non-hydrogen) atoms. The van der Waals surface area contributed by atoms with Gasteiger partial charge in [-0.3, -0.25) is 9.69 Å². The average molecular weight is 202 g/mol. The second kappa shape index (κ2) is 7.76. The van der Waals surface area contributed by atoms with Crippen LogP contribution in [0.4, 0.5) is 0 Å². The monoisotopic (exact) mass is 202 g/mol. The van der Waals surface area contributed by atoms with Gasteiger partial charge in [0, 0.05) is 6.54 Å². The van der Waals surface area contributed by atoms with Gasteiger partial charge in [-0.05, 0) is 25.9 Å². The van der Waals surface area contributed by atoms with Gasteiger partial charge in [-0.1, -0.05) is 13.8 Å². The molecule has 4 nitrogen and oxygen atoms in total. The van der Waals surface area contributed by atoms with Crippen LogP contribution in [-0.4, -0.2) is 43.7 Å². The van der Waals surface area contributed by atoms with Crippen LogP contribution in [-0.2, 0) is 9.53 Å². The molecule has 1 unspecified atom stereocenters. The van der Waals surface area contributed by atoms with E-state index in [1.54, 1.807) is 0 Å². The molecule has 0 aromatic carbocycles. The highest BCUT2D eigenvalue weighted by Gasteiger charge is 2.23. The first-order chi connectivity index (χ1) is 6.71. The topological polar surface area (TPSA) is 55.6 Å². The van der Waals surface area contributed by atoms with E-state index in [-0.39, 0.29) is 12.0 Å². The summed E-state index contributed by atoms with van der Waals surface area (Å²) in [5.74, 6) is -0.227. The first-order valence-electron chi connectivity index (χ1n) is 5.23. The zero-order chi connectivity index (χ0) is 11.0. The second-order valence-corrected chi connectivity index (χ2v) is 3.31. The number of hydrogen-bond donors (Lipinski definition) is 1. The van der Waals surface area contributed by atoms with Crippen molar-refractivity contribution in [2.24, 2.45) is 5.73 Å². The van der Waals surface area contributed by atoms with Gasteiger partial charge in [0.1, 0.15) is 6.04 Å². The van der Waals surface area contributed by atoms with E-state index < -0.39 is 0 Å². The molecule has 0 spiro atoms. The highest BCUT2D eigenvalue weighted by molar-refractivity contribution is 5.75. The number of esters is 1. The van der Waals surface area contributed by atoms with Crippen LogP contribution in [0.5, 0.6) is 0 Å². The maximum absolute atomic E-state index is 11.4. The zero-order valence-electron chi connectivity index (χ0n) is 9.45. The van der Waals surface area contributed by atoms with Gasteiger partial charge in [0.2, 0.25) is 0 Å². The summed E-state index contributed by atoms with van der Waals surface area (Å²) in [7, 11) is 1.40. The van der Waals surface area contributed by atoms with Crippen molar-refractivity contribution in [2.45, 2.75) is 32.7 Å². The van der Waals surface area contributed by atoms with E-state index in [1.807, 2.05) is 0 Å². The third kappa shape index (κ3) is 4.07. The number of carbonyl (C=O) groups is 1. The minimum absolute atomic E-state index is 0.227. The molecule has 0 radical (unpaired) electrons. The molecule has 0 aliphatic rings. The van der Waals surface area contributed by atoms with E-state index in [2.05, 4.69) is 18.7 Å². The van der Waals surface area contributed by atoms with Crippen LogP contribution in [0.3, 0.4) is 0 Å². The van der Waals surface area contributed by atoms with Gasteiger partial charge in [-0.25, -0.2) is 0 Å². The lowest BCUT2D eigenvalue weighted by molar-refractivity contribution is -0.146. The van der Waals surface area contributed by atoms with E-state index >= 15 is 0 Å². The predicted octanol–water partition coefficient (Wildman–Crippen LogP) is 0.609. The molecular weight excluding hydrogens is 180 g/mol. The van der Waals surface area contributed by atoms with Crippen LogP contribution >= 0.6 is 0 Å². The molecule has 0 aromatic rings. The fourth-order valence-corrected chi connectivity index (χ4v) is 1.53. The van der Waals surface area contributed by atoms with Gasteiger partial charge in [0.15, 0.2) is 0 Å². The number of carbonyl (C=O) groups excluding carboxylic acids is 1. The van der Waals surface area contributed by atoms with Gasteiger partial charge in [0.05, 0.1) is 7.11 Å². The van der Waals surface area contributed by atoms with Crippen molar-refractivity contribution in [1.29, 1.82) is 0 Å². The fraction of sp³-hybridized carbons (Fsp3) is 0.900. The molecule has 4 heteroatoms. The lowest BCUT2D eigenvalue weighted by Gasteiger charge is -2.27. The summed E-state index contributed by atoms with van der Waals surface area (Å²) in [5, 5.41) is 0. The van der Waals surface area contributed by atoms with E-state index in [4.69, 9.17) is 10.5 Å². The minimum Gasteiger partial charge on any atom is -0.468 e.